The molecule has 3 N–H and O–H groups in total. The molecule has 6 heteroatoms. The van der Waals surface area contributed by atoms with Crippen LogP contribution in [0.3, 0.4) is 0 Å². The summed E-state index contributed by atoms with van der Waals surface area (Å²) in [6.07, 6.45) is -0.732. The summed E-state index contributed by atoms with van der Waals surface area (Å²) in [4.78, 5) is 4.09. The number of aromatic nitrogens is 2. The van der Waals surface area contributed by atoms with Gasteiger partial charge in [-0.3, -0.25) is 0 Å². The predicted octanol–water partition coefficient (Wildman–Crippen LogP) is 0.332. The van der Waals surface area contributed by atoms with E-state index in [-0.39, 0.29) is 5.89 Å². The normalized spacial score (nSPS) is 16.4. The van der Waals surface area contributed by atoms with Gasteiger partial charge in [0.25, 0.3) is 0 Å². The van der Waals surface area contributed by atoms with Gasteiger partial charge in [0.05, 0.1) is 6.10 Å². The van der Waals surface area contributed by atoms with Crippen LogP contribution in [0.4, 0.5) is 0 Å². The average molecular weight is 215 g/mol. The van der Waals surface area contributed by atoms with E-state index >= 15 is 0 Å². The number of nitrogens with two attached hydrogens (primary N) is 1. The zero-order valence-electron chi connectivity index (χ0n) is 9.39. The van der Waals surface area contributed by atoms with Gasteiger partial charge in [-0.2, -0.15) is 4.98 Å². The van der Waals surface area contributed by atoms with E-state index in [0.29, 0.717) is 5.82 Å². The third-order valence-electron chi connectivity index (χ3n) is 2.30. The van der Waals surface area contributed by atoms with Crippen molar-refractivity contribution in [3.8, 4) is 0 Å². The van der Waals surface area contributed by atoms with Gasteiger partial charge in [-0.25, -0.2) is 0 Å². The van der Waals surface area contributed by atoms with Crippen LogP contribution in [0.5, 0.6) is 0 Å². The van der Waals surface area contributed by atoms with Crippen LogP contribution < -0.4 is 5.73 Å². The van der Waals surface area contributed by atoms with E-state index in [1.165, 1.54) is 0 Å². The van der Waals surface area contributed by atoms with Crippen molar-refractivity contribution in [3.63, 3.8) is 0 Å². The van der Waals surface area contributed by atoms with Crippen molar-refractivity contribution in [2.24, 2.45) is 5.73 Å². The maximum absolute atomic E-state index is 9.26. The van der Waals surface area contributed by atoms with Gasteiger partial charge in [0.1, 0.15) is 11.6 Å². The zero-order chi connectivity index (χ0) is 11.6. The number of hydrogen-bond donors (Lipinski definition) is 2. The highest BCUT2D eigenvalue weighted by Crippen LogP contribution is 2.22. The van der Waals surface area contributed by atoms with Gasteiger partial charge in [0, 0.05) is 7.11 Å². The molecule has 1 aromatic heterocycles. The van der Waals surface area contributed by atoms with Crippen molar-refractivity contribution in [1.29, 1.82) is 0 Å². The number of methoxy groups -OCH3 is 1. The van der Waals surface area contributed by atoms with Crippen molar-refractivity contribution in [2.45, 2.75) is 38.5 Å². The van der Waals surface area contributed by atoms with Gasteiger partial charge in [0.15, 0.2) is 0 Å². The van der Waals surface area contributed by atoms with Crippen LogP contribution in [0.25, 0.3) is 0 Å². The van der Waals surface area contributed by atoms with E-state index in [0.717, 1.165) is 0 Å². The molecule has 0 amide bonds. The first-order valence-electron chi connectivity index (χ1n) is 4.71. The lowest BCUT2D eigenvalue weighted by atomic mass is 10.1. The second kappa shape index (κ2) is 4.26. The third-order valence-corrected chi connectivity index (χ3v) is 2.30. The summed E-state index contributed by atoms with van der Waals surface area (Å²) in [7, 11) is 1.56. The molecule has 2 unspecified atom stereocenters. The quantitative estimate of drug-likeness (QED) is 0.751. The summed E-state index contributed by atoms with van der Waals surface area (Å²) in [6.45, 7) is 5.20. The lowest BCUT2D eigenvalue weighted by Gasteiger charge is -2.17. The SMILES string of the molecule is COC(C)(C)c1noc(C(N)C(C)O)n1. The number of aliphatic hydroxyl groups is 1. The molecule has 0 radical (unpaired) electrons. The molecule has 6 nitrogen and oxygen atoms in total. The van der Waals surface area contributed by atoms with E-state index in [9.17, 15) is 5.11 Å². The average Bonchev–Trinajstić information content (AvgIpc) is 2.65. The van der Waals surface area contributed by atoms with E-state index in [4.69, 9.17) is 15.0 Å². The van der Waals surface area contributed by atoms with E-state index in [1.807, 2.05) is 13.8 Å². The number of nitrogens with zero attached hydrogens (tertiary/aromatic N) is 2. The summed E-state index contributed by atoms with van der Waals surface area (Å²) < 4.78 is 10.1. The second-order valence-corrected chi connectivity index (χ2v) is 3.94. The van der Waals surface area contributed by atoms with Crippen molar-refractivity contribution in [1.82, 2.24) is 10.1 Å². The Morgan fingerprint density at radius 1 is 1.53 bits per heavy atom. The maximum atomic E-state index is 9.26. The number of rotatable bonds is 4. The highest BCUT2D eigenvalue weighted by atomic mass is 16.5. The Bertz CT molecular complexity index is 322. The van der Waals surface area contributed by atoms with Crippen molar-refractivity contribution in [3.05, 3.63) is 11.7 Å². The van der Waals surface area contributed by atoms with Crippen LogP contribution in [-0.2, 0) is 10.3 Å². The van der Waals surface area contributed by atoms with Crippen LogP contribution >= 0.6 is 0 Å². The highest BCUT2D eigenvalue weighted by molar-refractivity contribution is 5.00. The fraction of sp³-hybridized carbons (Fsp3) is 0.778. The molecule has 0 aliphatic heterocycles. The van der Waals surface area contributed by atoms with Crippen LogP contribution in [0.1, 0.15) is 38.5 Å². The second-order valence-electron chi connectivity index (χ2n) is 3.94. The van der Waals surface area contributed by atoms with Crippen LogP contribution in [-0.4, -0.2) is 28.5 Å². The minimum absolute atomic E-state index is 0.213. The molecular weight excluding hydrogens is 198 g/mol. The summed E-state index contributed by atoms with van der Waals surface area (Å²) in [5.41, 5.74) is 5.02. The fourth-order valence-electron chi connectivity index (χ4n) is 0.913. The molecule has 2 atom stereocenters. The lowest BCUT2D eigenvalue weighted by molar-refractivity contribution is 0.00973. The molecule has 0 aliphatic carbocycles. The molecule has 0 saturated carbocycles. The topological polar surface area (TPSA) is 94.4 Å². The fourth-order valence-corrected chi connectivity index (χ4v) is 0.913. The van der Waals surface area contributed by atoms with Gasteiger partial charge < -0.3 is 20.1 Å². The lowest BCUT2D eigenvalue weighted by Crippen LogP contribution is -2.25. The third kappa shape index (κ3) is 2.53. The smallest absolute Gasteiger partial charge is 0.246 e. The van der Waals surface area contributed by atoms with Crippen molar-refractivity contribution >= 4 is 0 Å². The number of aliphatic hydroxyl groups excluding tert-OH is 1. The molecular formula is C9H17N3O3. The monoisotopic (exact) mass is 215 g/mol. The molecule has 1 aromatic rings. The van der Waals surface area contributed by atoms with E-state index in [1.54, 1.807) is 14.0 Å². The minimum atomic E-state index is -0.732. The maximum Gasteiger partial charge on any atom is 0.246 e. The van der Waals surface area contributed by atoms with Crippen molar-refractivity contribution < 1.29 is 14.4 Å². The van der Waals surface area contributed by atoms with Crippen LogP contribution in [0.15, 0.2) is 4.52 Å². The number of ether oxygens (including phenoxy) is 1. The highest BCUT2D eigenvalue weighted by Gasteiger charge is 2.28. The van der Waals surface area contributed by atoms with E-state index in [2.05, 4.69) is 10.1 Å². The van der Waals surface area contributed by atoms with Crippen LogP contribution in [0, 0.1) is 0 Å². The van der Waals surface area contributed by atoms with Crippen LogP contribution in [0.2, 0.25) is 0 Å². The molecule has 1 rings (SSSR count). The molecule has 1 heterocycles. The van der Waals surface area contributed by atoms with Gasteiger partial charge in [0.2, 0.25) is 11.7 Å². The molecule has 0 saturated heterocycles. The summed E-state index contributed by atoms with van der Waals surface area (Å²) in [5.74, 6) is 0.626. The molecule has 15 heavy (non-hydrogen) atoms. The Morgan fingerprint density at radius 2 is 2.13 bits per heavy atom. The van der Waals surface area contributed by atoms with Gasteiger partial charge in [-0.15, -0.1) is 0 Å². The summed E-state index contributed by atoms with van der Waals surface area (Å²) in [6, 6.07) is -0.668. The Labute approximate surface area is 88.4 Å². The molecule has 86 valence electrons. The standard InChI is InChI=1S/C9H17N3O3/c1-5(13)6(10)7-11-8(12-15-7)9(2,3)14-4/h5-6,13H,10H2,1-4H3. The van der Waals surface area contributed by atoms with Gasteiger partial charge in [-0.05, 0) is 20.8 Å². The predicted molar refractivity (Wildman–Crippen MR) is 52.9 cm³/mol. The Balaban J connectivity index is 2.90. The molecule has 0 spiro atoms. The minimum Gasteiger partial charge on any atom is -0.391 e. The first-order chi connectivity index (χ1) is 6.88. The Kier molecular flexibility index (Phi) is 3.43. The molecule has 0 aliphatic rings. The van der Waals surface area contributed by atoms with Crippen molar-refractivity contribution in [2.75, 3.05) is 7.11 Å². The van der Waals surface area contributed by atoms with Gasteiger partial charge >= 0.3 is 0 Å². The first-order valence-corrected chi connectivity index (χ1v) is 4.71. The largest absolute Gasteiger partial charge is 0.391 e. The summed E-state index contributed by atoms with van der Waals surface area (Å²) in [5, 5.41) is 13.0. The number of hydrogen-bond acceptors (Lipinski definition) is 6. The molecule has 0 bridgehead atoms. The Morgan fingerprint density at radius 3 is 2.60 bits per heavy atom. The Hall–Kier alpha value is -0.980. The van der Waals surface area contributed by atoms with Gasteiger partial charge in [-0.1, -0.05) is 5.16 Å². The first kappa shape index (κ1) is 12.1. The molecule has 0 fully saturated rings. The summed E-state index contributed by atoms with van der Waals surface area (Å²) >= 11 is 0. The zero-order valence-corrected chi connectivity index (χ0v) is 9.39. The van der Waals surface area contributed by atoms with E-state index < -0.39 is 17.7 Å². The molecule has 0 aromatic carbocycles.